The molecule has 0 heterocycles. The predicted octanol–water partition coefficient (Wildman–Crippen LogP) is 3.00. The molecule has 0 spiro atoms. The highest BCUT2D eigenvalue weighted by molar-refractivity contribution is 9.09. The van der Waals surface area contributed by atoms with Gasteiger partial charge in [-0.2, -0.15) is 0 Å². The van der Waals surface area contributed by atoms with Gasteiger partial charge in [-0.3, -0.25) is 4.79 Å². The van der Waals surface area contributed by atoms with Crippen LogP contribution in [0.2, 0.25) is 0 Å². The van der Waals surface area contributed by atoms with Crippen LogP contribution in [0.15, 0.2) is 18.2 Å². The van der Waals surface area contributed by atoms with Crippen molar-refractivity contribution in [3.8, 4) is 11.5 Å². The van der Waals surface area contributed by atoms with Gasteiger partial charge in [-0.1, -0.05) is 15.9 Å². The number of amides is 1. The topological polar surface area (TPSA) is 47.6 Å². The van der Waals surface area contributed by atoms with Crippen LogP contribution in [0.5, 0.6) is 11.5 Å². The van der Waals surface area contributed by atoms with E-state index in [4.69, 9.17) is 9.47 Å². The Hall–Kier alpha value is -1.23. The molecular formula is C15H20BrNO3. The van der Waals surface area contributed by atoms with Crippen molar-refractivity contribution in [2.45, 2.75) is 19.3 Å². The third kappa shape index (κ3) is 3.45. The highest BCUT2D eigenvalue weighted by Gasteiger charge is 2.41. The molecule has 110 valence electrons. The second kappa shape index (κ2) is 6.48. The van der Waals surface area contributed by atoms with E-state index in [-0.39, 0.29) is 5.91 Å². The van der Waals surface area contributed by atoms with Gasteiger partial charge in [0, 0.05) is 11.9 Å². The standard InChI is InChI=1S/C15H20BrNO3/c1-19-11-3-4-13(20-2)12(9-11)14(18)17-10-15(5-6-15)7-8-16/h3-4,9H,5-8,10H2,1-2H3,(H,17,18). The number of carbonyl (C=O) groups is 1. The summed E-state index contributed by atoms with van der Waals surface area (Å²) in [7, 11) is 3.14. The molecule has 1 amide bonds. The maximum absolute atomic E-state index is 12.3. The Balaban J connectivity index is 2.04. The van der Waals surface area contributed by atoms with E-state index >= 15 is 0 Å². The van der Waals surface area contributed by atoms with E-state index in [0.29, 0.717) is 22.5 Å². The average molecular weight is 342 g/mol. The van der Waals surface area contributed by atoms with E-state index in [1.54, 1.807) is 32.4 Å². The third-order valence-corrected chi connectivity index (χ3v) is 4.25. The van der Waals surface area contributed by atoms with E-state index in [9.17, 15) is 4.79 Å². The molecule has 0 bridgehead atoms. The maximum atomic E-state index is 12.3. The molecule has 1 fully saturated rings. The summed E-state index contributed by atoms with van der Waals surface area (Å²) >= 11 is 3.47. The Morgan fingerprint density at radius 2 is 2.10 bits per heavy atom. The predicted molar refractivity (Wildman–Crippen MR) is 82.0 cm³/mol. The summed E-state index contributed by atoms with van der Waals surface area (Å²) in [5.41, 5.74) is 0.812. The zero-order valence-corrected chi connectivity index (χ0v) is 13.5. The highest BCUT2D eigenvalue weighted by atomic mass is 79.9. The van der Waals surface area contributed by atoms with Crippen molar-refractivity contribution >= 4 is 21.8 Å². The average Bonchev–Trinajstić information content (AvgIpc) is 3.24. The number of methoxy groups -OCH3 is 2. The zero-order chi connectivity index (χ0) is 14.6. The van der Waals surface area contributed by atoms with Crippen LogP contribution < -0.4 is 14.8 Å². The number of halogens is 1. The minimum atomic E-state index is -0.110. The maximum Gasteiger partial charge on any atom is 0.255 e. The molecular weight excluding hydrogens is 322 g/mol. The lowest BCUT2D eigenvalue weighted by Gasteiger charge is -2.16. The fourth-order valence-corrected chi connectivity index (χ4v) is 3.09. The van der Waals surface area contributed by atoms with Crippen molar-refractivity contribution in [1.82, 2.24) is 5.32 Å². The number of hydrogen-bond donors (Lipinski definition) is 1. The third-order valence-electron chi connectivity index (χ3n) is 3.86. The van der Waals surface area contributed by atoms with Crippen molar-refractivity contribution in [1.29, 1.82) is 0 Å². The number of carbonyl (C=O) groups excluding carboxylic acids is 1. The number of hydrogen-bond acceptors (Lipinski definition) is 3. The summed E-state index contributed by atoms with van der Waals surface area (Å²) < 4.78 is 10.4. The van der Waals surface area contributed by atoms with Gasteiger partial charge in [0.15, 0.2) is 0 Å². The fraction of sp³-hybridized carbons (Fsp3) is 0.533. The lowest BCUT2D eigenvalue weighted by atomic mass is 10.0. The van der Waals surface area contributed by atoms with Crippen LogP contribution in [-0.4, -0.2) is 32.0 Å². The molecule has 1 saturated carbocycles. The summed E-state index contributed by atoms with van der Waals surface area (Å²) in [6, 6.07) is 5.24. The van der Waals surface area contributed by atoms with Crippen molar-refractivity contribution in [3.05, 3.63) is 23.8 Å². The molecule has 5 heteroatoms. The summed E-state index contributed by atoms with van der Waals surface area (Å²) in [5.74, 6) is 1.10. The van der Waals surface area contributed by atoms with Gasteiger partial charge in [-0.05, 0) is 42.9 Å². The van der Waals surface area contributed by atoms with Crippen LogP contribution in [0.25, 0.3) is 0 Å². The Morgan fingerprint density at radius 1 is 1.35 bits per heavy atom. The first kappa shape index (κ1) is 15.2. The molecule has 1 N–H and O–H groups in total. The molecule has 1 aromatic carbocycles. The minimum Gasteiger partial charge on any atom is -0.497 e. The summed E-state index contributed by atoms with van der Waals surface area (Å²) in [5, 5.41) is 3.99. The fourth-order valence-electron chi connectivity index (χ4n) is 2.25. The number of alkyl halides is 1. The smallest absolute Gasteiger partial charge is 0.255 e. The van der Waals surface area contributed by atoms with Crippen LogP contribution in [0, 0.1) is 5.41 Å². The minimum absolute atomic E-state index is 0.110. The summed E-state index contributed by atoms with van der Waals surface area (Å²) in [4.78, 5) is 12.3. The Labute approximate surface area is 128 Å². The monoisotopic (exact) mass is 341 g/mol. The van der Waals surface area contributed by atoms with Gasteiger partial charge in [0.1, 0.15) is 11.5 Å². The molecule has 0 aliphatic heterocycles. The SMILES string of the molecule is COc1ccc(OC)c(C(=O)NCC2(CCBr)CC2)c1. The number of benzene rings is 1. The Bertz CT molecular complexity index is 486. The molecule has 20 heavy (non-hydrogen) atoms. The second-order valence-corrected chi connectivity index (χ2v) is 5.98. The van der Waals surface area contributed by atoms with Crippen LogP contribution >= 0.6 is 15.9 Å². The van der Waals surface area contributed by atoms with Crippen molar-refractivity contribution in [3.63, 3.8) is 0 Å². The molecule has 0 radical (unpaired) electrons. The van der Waals surface area contributed by atoms with Crippen LogP contribution in [-0.2, 0) is 0 Å². The molecule has 1 aromatic rings. The normalized spacial score (nSPS) is 15.6. The molecule has 4 nitrogen and oxygen atoms in total. The highest BCUT2D eigenvalue weighted by Crippen LogP contribution is 2.48. The molecule has 1 aliphatic carbocycles. The zero-order valence-electron chi connectivity index (χ0n) is 11.9. The molecule has 2 rings (SSSR count). The van der Waals surface area contributed by atoms with E-state index < -0.39 is 0 Å². The van der Waals surface area contributed by atoms with Gasteiger partial charge in [0.2, 0.25) is 0 Å². The first-order valence-corrected chi connectivity index (χ1v) is 7.82. The molecule has 0 atom stereocenters. The van der Waals surface area contributed by atoms with Crippen LogP contribution in [0.3, 0.4) is 0 Å². The van der Waals surface area contributed by atoms with Crippen molar-refractivity contribution in [2.75, 3.05) is 26.1 Å². The van der Waals surface area contributed by atoms with Gasteiger partial charge in [0.25, 0.3) is 5.91 Å². The van der Waals surface area contributed by atoms with E-state index in [1.165, 1.54) is 12.8 Å². The first-order valence-electron chi connectivity index (χ1n) is 6.70. The molecule has 0 aromatic heterocycles. The van der Waals surface area contributed by atoms with E-state index in [2.05, 4.69) is 21.2 Å². The van der Waals surface area contributed by atoms with Gasteiger partial charge < -0.3 is 14.8 Å². The lowest BCUT2D eigenvalue weighted by Crippen LogP contribution is -2.30. The summed E-state index contributed by atoms with van der Waals surface area (Å²) in [6.45, 7) is 0.720. The quantitative estimate of drug-likeness (QED) is 0.775. The van der Waals surface area contributed by atoms with Gasteiger partial charge >= 0.3 is 0 Å². The first-order chi connectivity index (χ1) is 9.64. The van der Waals surface area contributed by atoms with E-state index in [0.717, 1.165) is 18.3 Å². The van der Waals surface area contributed by atoms with Crippen molar-refractivity contribution < 1.29 is 14.3 Å². The summed E-state index contributed by atoms with van der Waals surface area (Å²) in [6.07, 6.45) is 3.48. The van der Waals surface area contributed by atoms with Gasteiger partial charge in [-0.15, -0.1) is 0 Å². The lowest BCUT2D eigenvalue weighted by molar-refractivity contribution is 0.0941. The van der Waals surface area contributed by atoms with Gasteiger partial charge in [-0.25, -0.2) is 0 Å². The molecule has 0 unspecified atom stereocenters. The van der Waals surface area contributed by atoms with Crippen LogP contribution in [0.4, 0.5) is 0 Å². The van der Waals surface area contributed by atoms with Gasteiger partial charge in [0.05, 0.1) is 19.8 Å². The Kier molecular flexibility index (Phi) is 4.91. The second-order valence-electron chi connectivity index (χ2n) is 5.19. The number of rotatable bonds is 7. The van der Waals surface area contributed by atoms with Crippen molar-refractivity contribution in [2.24, 2.45) is 5.41 Å². The van der Waals surface area contributed by atoms with E-state index in [1.807, 2.05) is 0 Å². The van der Waals surface area contributed by atoms with Crippen LogP contribution in [0.1, 0.15) is 29.6 Å². The number of nitrogens with one attached hydrogen (secondary N) is 1. The molecule has 0 saturated heterocycles. The number of ether oxygens (including phenoxy) is 2. The Morgan fingerprint density at radius 3 is 2.65 bits per heavy atom. The largest absolute Gasteiger partial charge is 0.497 e. The molecule has 1 aliphatic rings.